The van der Waals surface area contributed by atoms with Gasteiger partial charge < -0.3 is 10.6 Å². The van der Waals surface area contributed by atoms with Gasteiger partial charge in [-0.25, -0.2) is 4.98 Å². The van der Waals surface area contributed by atoms with E-state index >= 15 is 0 Å². The molecule has 0 aliphatic carbocycles. The van der Waals surface area contributed by atoms with Crippen molar-refractivity contribution in [1.29, 1.82) is 0 Å². The summed E-state index contributed by atoms with van der Waals surface area (Å²) in [6, 6.07) is 9.61. The first kappa shape index (κ1) is 15.0. The number of amides is 1. The second kappa shape index (κ2) is 8.10. The average molecular weight is 282 g/mol. The number of nitrogens with zero attached hydrogens (tertiary/aromatic N) is 2. The van der Waals surface area contributed by atoms with Crippen LogP contribution < -0.4 is 10.6 Å². The number of aromatic nitrogens is 3. The number of halogens is 1. The molecule has 0 unspecified atom stereocenters. The molecule has 102 valence electrons. The average Bonchev–Trinajstić information content (AvgIpc) is 2.91. The molecule has 6 nitrogen and oxygen atoms in total. The molecule has 0 atom stereocenters. The summed E-state index contributed by atoms with van der Waals surface area (Å²) in [6.07, 6.45) is 2.10. The van der Waals surface area contributed by atoms with E-state index < -0.39 is 0 Å². The molecule has 2 aromatic rings. The summed E-state index contributed by atoms with van der Waals surface area (Å²) in [6.45, 7) is 0.810. The van der Waals surface area contributed by atoms with Crippen LogP contribution in [0.3, 0.4) is 0 Å². The van der Waals surface area contributed by atoms with Gasteiger partial charge in [-0.15, -0.1) is 12.4 Å². The summed E-state index contributed by atoms with van der Waals surface area (Å²) >= 11 is 0. The molecular weight excluding hydrogens is 266 g/mol. The number of aromatic amines is 1. The van der Waals surface area contributed by atoms with Gasteiger partial charge in [0.1, 0.15) is 12.2 Å². The number of hydrogen-bond donors (Lipinski definition) is 3. The van der Waals surface area contributed by atoms with Crippen LogP contribution in [0.2, 0.25) is 0 Å². The van der Waals surface area contributed by atoms with Crippen LogP contribution in [0.25, 0.3) is 0 Å². The van der Waals surface area contributed by atoms with E-state index in [4.69, 9.17) is 0 Å². The molecule has 0 fully saturated rings. The molecule has 0 spiro atoms. The van der Waals surface area contributed by atoms with Gasteiger partial charge in [-0.1, -0.05) is 18.2 Å². The molecule has 2 rings (SSSR count). The molecular formula is C12H16ClN5O. The van der Waals surface area contributed by atoms with E-state index in [1.807, 2.05) is 30.3 Å². The van der Waals surface area contributed by atoms with Gasteiger partial charge >= 0.3 is 0 Å². The van der Waals surface area contributed by atoms with E-state index in [-0.39, 0.29) is 24.9 Å². The maximum Gasteiger partial charge on any atom is 0.239 e. The first-order chi connectivity index (χ1) is 8.84. The summed E-state index contributed by atoms with van der Waals surface area (Å²) in [7, 11) is 0. The van der Waals surface area contributed by atoms with Crippen molar-refractivity contribution in [2.45, 2.75) is 6.42 Å². The van der Waals surface area contributed by atoms with Crippen LogP contribution in [-0.2, 0) is 11.2 Å². The number of carbonyl (C=O) groups is 1. The van der Waals surface area contributed by atoms with E-state index in [2.05, 4.69) is 25.8 Å². The first-order valence-corrected chi connectivity index (χ1v) is 5.74. The Morgan fingerprint density at radius 1 is 1.26 bits per heavy atom. The van der Waals surface area contributed by atoms with Gasteiger partial charge in [0.05, 0.1) is 6.54 Å². The van der Waals surface area contributed by atoms with Crippen molar-refractivity contribution in [1.82, 2.24) is 20.5 Å². The SMILES string of the molecule is Cl.O=C(CNc1ccccc1)NCCc1ncn[nH]1. The lowest BCUT2D eigenvalue weighted by atomic mass is 10.3. The summed E-state index contributed by atoms with van der Waals surface area (Å²) < 4.78 is 0. The van der Waals surface area contributed by atoms with Gasteiger partial charge in [0.25, 0.3) is 0 Å². The van der Waals surface area contributed by atoms with Crippen molar-refractivity contribution in [3.8, 4) is 0 Å². The molecule has 1 heterocycles. The molecule has 0 aliphatic rings. The van der Waals surface area contributed by atoms with Gasteiger partial charge in [-0.2, -0.15) is 5.10 Å². The van der Waals surface area contributed by atoms with Crippen molar-refractivity contribution >= 4 is 24.0 Å². The van der Waals surface area contributed by atoms with Gasteiger partial charge in [0, 0.05) is 18.7 Å². The van der Waals surface area contributed by atoms with E-state index in [0.29, 0.717) is 13.0 Å². The minimum Gasteiger partial charge on any atom is -0.376 e. The monoisotopic (exact) mass is 281 g/mol. The normalized spacial score (nSPS) is 9.47. The fourth-order valence-electron chi connectivity index (χ4n) is 1.47. The summed E-state index contributed by atoms with van der Waals surface area (Å²) in [5.74, 6) is 0.727. The number of nitrogens with one attached hydrogen (secondary N) is 3. The molecule has 0 saturated carbocycles. The molecule has 1 aromatic heterocycles. The highest BCUT2D eigenvalue weighted by atomic mass is 35.5. The zero-order valence-electron chi connectivity index (χ0n) is 10.3. The van der Waals surface area contributed by atoms with Crippen molar-refractivity contribution in [2.24, 2.45) is 0 Å². The predicted octanol–water partition coefficient (Wildman–Crippen LogP) is 0.997. The summed E-state index contributed by atoms with van der Waals surface area (Å²) in [5, 5.41) is 12.3. The molecule has 0 aliphatic heterocycles. The van der Waals surface area contributed by atoms with Gasteiger partial charge in [-0.05, 0) is 12.1 Å². The van der Waals surface area contributed by atoms with Crippen LogP contribution >= 0.6 is 12.4 Å². The van der Waals surface area contributed by atoms with Gasteiger partial charge in [0.15, 0.2) is 0 Å². The van der Waals surface area contributed by atoms with Crippen LogP contribution in [0, 0.1) is 0 Å². The minimum absolute atomic E-state index is 0. The number of rotatable bonds is 6. The number of hydrogen-bond acceptors (Lipinski definition) is 4. The molecule has 19 heavy (non-hydrogen) atoms. The fourth-order valence-corrected chi connectivity index (χ4v) is 1.47. The van der Waals surface area contributed by atoms with E-state index in [1.54, 1.807) is 0 Å². The van der Waals surface area contributed by atoms with Crippen LogP contribution in [0.4, 0.5) is 5.69 Å². The zero-order chi connectivity index (χ0) is 12.6. The minimum atomic E-state index is -0.0432. The Hall–Kier alpha value is -2.08. The molecule has 3 N–H and O–H groups in total. The molecule has 0 saturated heterocycles. The number of para-hydroxylation sites is 1. The molecule has 1 amide bonds. The van der Waals surface area contributed by atoms with Crippen molar-refractivity contribution < 1.29 is 4.79 Å². The van der Waals surface area contributed by atoms with Crippen molar-refractivity contribution in [3.05, 3.63) is 42.5 Å². The third-order valence-corrected chi connectivity index (χ3v) is 2.38. The molecule has 0 bridgehead atoms. The molecule has 1 aromatic carbocycles. The Morgan fingerprint density at radius 2 is 2.05 bits per heavy atom. The van der Waals surface area contributed by atoms with Gasteiger partial charge in [0.2, 0.25) is 5.91 Å². The largest absolute Gasteiger partial charge is 0.376 e. The maximum atomic E-state index is 11.5. The van der Waals surface area contributed by atoms with Crippen LogP contribution in [0.1, 0.15) is 5.82 Å². The van der Waals surface area contributed by atoms with Gasteiger partial charge in [-0.3, -0.25) is 9.89 Å². The third kappa shape index (κ3) is 5.39. The number of carbonyl (C=O) groups excluding carboxylic acids is 1. The number of benzene rings is 1. The van der Waals surface area contributed by atoms with Crippen molar-refractivity contribution in [3.63, 3.8) is 0 Å². The smallest absolute Gasteiger partial charge is 0.239 e. The van der Waals surface area contributed by atoms with E-state index in [0.717, 1.165) is 11.5 Å². The zero-order valence-corrected chi connectivity index (χ0v) is 11.1. The summed E-state index contributed by atoms with van der Waals surface area (Å²) in [5.41, 5.74) is 0.933. The van der Waals surface area contributed by atoms with E-state index in [1.165, 1.54) is 6.33 Å². The Morgan fingerprint density at radius 3 is 2.74 bits per heavy atom. The highest BCUT2D eigenvalue weighted by molar-refractivity contribution is 5.85. The lowest BCUT2D eigenvalue weighted by Gasteiger charge is -2.06. The topological polar surface area (TPSA) is 82.7 Å². The predicted molar refractivity (Wildman–Crippen MR) is 75.3 cm³/mol. The molecule has 0 radical (unpaired) electrons. The quantitative estimate of drug-likeness (QED) is 0.738. The van der Waals surface area contributed by atoms with Crippen LogP contribution in [0.5, 0.6) is 0 Å². The fraction of sp³-hybridized carbons (Fsp3) is 0.250. The number of anilines is 1. The third-order valence-electron chi connectivity index (χ3n) is 2.38. The maximum absolute atomic E-state index is 11.5. The Bertz CT molecular complexity index is 474. The number of H-pyrrole nitrogens is 1. The Kier molecular flexibility index (Phi) is 6.38. The lowest BCUT2D eigenvalue weighted by Crippen LogP contribution is -2.31. The van der Waals surface area contributed by atoms with Crippen LogP contribution in [-0.4, -0.2) is 34.2 Å². The van der Waals surface area contributed by atoms with Crippen molar-refractivity contribution in [2.75, 3.05) is 18.4 Å². The van der Waals surface area contributed by atoms with E-state index in [9.17, 15) is 4.79 Å². The second-order valence-electron chi connectivity index (χ2n) is 3.75. The first-order valence-electron chi connectivity index (χ1n) is 5.74. The van der Waals surface area contributed by atoms with Crippen LogP contribution in [0.15, 0.2) is 36.7 Å². The molecule has 7 heteroatoms. The summed E-state index contributed by atoms with van der Waals surface area (Å²) in [4.78, 5) is 15.5. The Balaban J connectivity index is 0.00000180. The lowest BCUT2D eigenvalue weighted by molar-refractivity contribution is -0.119. The Labute approximate surface area is 117 Å². The highest BCUT2D eigenvalue weighted by Crippen LogP contribution is 2.03. The standard InChI is InChI=1S/C12H15N5O.ClH/c18-12(8-14-10-4-2-1-3-5-10)13-7-6-11-15-9-16-17-11;/h1-5,9,14H,6-8H2,(H,13,18)(H,15,16,17);1H. The highest BCUT2D eigenvalue weighted by Gasteiger charge is 2.01. The second-order valence-corrected chi connectivity index (χ2v) is 3.75.